The molecule has 0 atom stereocenters. The molecule has 4 aromatic rings. The number of hydrogen-bond donors (Lipinski definition) is 1. The number of nitrogens with one attached hydrogen (secondary N) is 1. The third kappa shape index (κ3) is 3.80. The molecule has 0 aliphatic carbocycles. The summed E-state index contributed by atoms with van der Waals surface area (Å²) >= 11 is 0. The minimum atomic E-state index is -0.399. The van der Waals surface area contributed by atoms with Gasteiger partial charge in [0, 0.05) is 6.20 Å². The Balaban J connectivity index is 1.84. The van der Waals surface area contributed by atoms with Crippen LogP contribution < -0.4 is 14.8 Å². The van der Waals surface area contributed by atoms with Gasteiger partial charge in [-0.2, -0.15) is 5.10 Å². The number of nitrogens with zero attached hydrogens (tertiary/aromatic N) is 4. The molecule has 0 unspecified atom stereocenters. The van der Waals surface area contributed by atoms with E-state index in [0.29, 0.717) is 17.0 Å². The Kier molecular flexibility index (Phi) is 5.30. The lowest BCUT2D eigenvalue weighted by atomic mass is 10.2. The van der Waals surface area contributed by atoms with Crippen LogP contribution in [0.3, 0.4) is 0 Å². The quantitative estimate of drug-likeness (QED) is 0.526. The third-order valence-corrected chi connectivity index (χ3v) is 4.39. The number of carbonyl (C=O) groups is 1. The molecule has 2 heterocycles. The number of fused-ring (bicyclic) bond motifs is 1. The molecule has 4 rings (SSSR count). The highest BCUT2D eigenvalue weighted by atomic mass is 16.5. The van der Waals surface area contributed by atoms with Crippen LogP contribution in [0, 0.1) is 0 Å². The Morgan fingerprint density at radius 2 is 1.87 bits per heavy atom. The first-order valence-electron chi connectivity index (χ1n) is 9.48. The summed E-state index contributed by atoms with van der Waals surface area (Å²) in [6, 6.07) is 16.4. The Bertz CT molecular complexity index is 1170. The summed E-state index contributed by atoms with van der Waals surface area (Å²) in [4.78, 5) is 12.7. The van der Waals surface area contributed by atoms with Gasteiger partial charge in [-0.3, -0.25) is 4.79 Å². The minimum Gasteiger partial charge on any atom is -0.497 e. The molecule has 8 nitrogen and oxygen atoms in total. The predicted molar refractivity (Wildman–Crippen MR) is 113 cm³/mol. The van der Waals surface area contributed by atoms with Gasteiger partial charge in [-0.15, -0.1) is 10.2 Å². The molecule has 0 aliphatic rings. The standard InChI is InChI=1S/C22H21N5O3/c1-14(2)30-19-8-4-7-18-20(19)21(24-22(28)17-6-5-13-23-25-17)26-27(18)15-9-11-16(29-3)12-10-15/h4-14H,1-3H3,(H,24,26,28). The lowest BCUT2D eigenvalue weighted by Crippen LogP contribution is -2.15. The SMILES string of the molecule is COc1ccc(-n2nc(NC(=O)c3cccnn3)c3c(OC(C)C)cccc32)cc1. The fraction of sp³-hybridized carbons (Fsp3) is 0.182. The van der Waals surface area contributed by atoms with E-state index in [9.17, 15) is 4.79 Å². The smallest absolute Gasteiger partial charge is 0.277 e. The molecule has 0 saturated heterocycles. The van der Waals surface area contributed by atoms with Crippen LogP contribution in [0.2, 0.25) is 0 Å². The summed E-state index contributed by atoms with van der Waals surface area (Å²) in [6.45, 7) is 3.90. The van der Waals surface area contributed by atoms with Crippen molar-refractivity contribution < 1.29 is 14.3 Å². The maximum atomic E-state index is 12.7. The zero-order valence-electron chi connectivity index (χ0n) is 16.9. The fourth-order valence-electron chi connectivity index (χ4n) is 3.09. The molecule has 8 heteroatoms. The molecule has 0 spiro atoms. The summed E-state index contributed by atoms with van der Waals surface area (Å²) in [7, 11) is 1.62. The molecular formula is C22H21N5O3. The highest BCUT2D eigenvalue weighted by Crippen LogP contribution is 2.34. The highest BCUT2D eigenvalue weighted by Gasteiger charge is 2.20. The molecule has 1 amide bonds. The lowest BCUT2D eigenvalue weighted by Gasteiger charge is -2.11. The molecule has 2 aromatic heterocycles. The molecule has 0 radical (unpaired) electrons. The molecule has 0 saturated carbocycles. The Labute approximate surface area is 173 Å². The third-order valence-electron chi connectivity index (χ3n) is 4.39. The van der Waals surface area contributed by atoms with Crippen molar-refractivity contribution in [3.63, 3.8) is 0 Å². The summed E-state index contributed by atoms with van der Waals surface area (Å²) in [5, 5.41) is 15.9. The summed E-state index contributed by atoms with van der Waals surface area (Å²) in [5.74, 6) is 1.36. The number of amides is 1. The second-order valence-corrected chi connectivity index (χ2v) is 6.84. The van der Waals surface area contributed by atoms with E-state index in [0.717, 1.165) is 17.0 Å². The van der Waals surface area contributed by atoms with E-state index in [1.165, 1.54) is 6.20 Å². The Morgan fingerprint density at radius 3 is 2.53 bits per heavy atom. The summed E-state index contributed by atoms with van der Waals surface area (Å²) in [5.41, 5.74) is 1.82. The van der Waals surface area contributed by atoms with Crippen LogP contribution in [0.4, 0.5) is 5.82 Å². The normalized spacial score (nSPS) is 10.9. The van der Waals surface area contributed by atoms with Gasteiger partial charge in [-0.05, 0) is 62.4 Å². The van der Waals surface area contributed by atoms with Gasteiger partial charge in [0.15, 0.2) is 11.5 Å². The van der Waals surface area contributed by atoms with Gasteiger partial charge < -0.3 is 14.8 Å². The Morgan fingerprint density at radius 1 is 1.07 bits per heavy atom. The number of benzene rings is 2. The van der Waals surface area contributed by atoms with E-state index in [4.69, 9.17) is 9.47 Å². The van der Waals surface area contributed by atoms with Gasteiger partial charge in [-0.1, -0.05) is 6.07 Å². The second kappa shape index (κ2) is 8.20. The molecule has 0 fully saturated rings. The number of ether oxygens (including phenoxy) is 2. The largest absolute Gasteiger partial charge is 0.497 e. The van der Waals surface area contributed by atoms with Crippen molar-refractivity contribution in [2.24, 2.45) is 0 Å². The van der Waals surface area contributed by atoms with Crippen LogP contribution in [0.5, 0.6) is 11.5 Å². The van der Waals surface area contributed by atoms with Gasteiger partial charge in [0.1, 0.15) is 11.5 Å². The maximum Gasteiger partial charge on any atom is 0.277 e. The monoisotopic (exact) mass is 403 g/mol. The van der Waals surface area contributed by atoms with E-state index < -0.39 is 5.91 Å². The van der Waals surface area contributed by atoms with Crippen LogP contribution in [0.15, 0.2) is 60.8 Å². The average Bonchev–Trinajstić information content (AvgIpc) is 3.13. The number of aromatic nitrogens is 4. The number of anilines is 1. The molecule has 1 N–H and O–H groups in total. The molecule has 2 aromatic carbocycles. The minimum absolute atomic E-state index is 0.0384. The molecule has 152 valence electrons. The average molecular weight is 403 g/mol. The maximum absolute atomic E-state index is 12.7. The Hall–Kier alpha value is -3.94. The van der Waals surface area contributed by atoms with Crippen LogP contribution >= 0.6 is 0 Å². The number of hydrogen-bond acceptors (Lipinski definition) is 6. The predicted octanol–water partition coefficient (Wildman–Crippen LogP) is 3.86. The van der Waals surface area contributed by atoms with Gasteiger partial charge in [-0.25, -0.2) is 4.68 Å². The number of rotatable bonds is 6. The van der Waals surface area contributed by atoms with Crippen LogP contribution in [-0.4, -0.2) is 39.1 Å². The topological polar surface area (TPSA) is 91.2 Å². The first kappa shape index (κ1) is 19.4. The summed E-state index contributed by atoms with van der Waals surface area (Å²) in [6.07, 6.45) is 1.47. The van der Waals surface area contributed by atoms with Gasteiger partial charge in [0.25, 0.3) is 5.91 Å². The van der Waals surface area contributed by atoms with Crippen molar-refractivity contribution in [3.8, 4) is 17.2 Å². The first-order chi connectivity index (χ1) is 14.6. The van der Waals surface area contributed by atoms with E-state index in [2.05, 4.69) is 20.6 Å². The van der Waals surface area contributed by atoms with Gasteiger partial charge in [0.05, 0.1) is 29.8 Å². The molecule has 0 aliphatic heterocycles. The van der Waals surface area contributed by atoms with E-state index in [1.54, 1.807) is 23.9 Å². The van der Waals surface area contributed by atoms with Gasteiger partial charge >= 0.3 is 0 Å². The van der Waals surface area contributed by atoms with Crippen molar-refractivity contribution in [2.75, 3.05) is 12.4 Å². The highest BCUT2D eigenvalue weighted by molar-refractivity contribution is 6.08. The second-order valence-electron chi connectivity index (χ2n) is 6.84. The van der Waals surface area contributed by atoms with E-state index in [1.807, 2.05) is 56.3 Å². The molecular weight excluding hydrogens is 382 g/mol. The number of methoxy groups -OCH3 is 1. The van der Waals surface area contributed by atoms with Crippen molar-refractivity contribution in [1.29, 1.82) is 0 Å². The van der Waals surface area contributed by atoms with Crippen LogP contribution in [0.25, 0.3) is 16.6 Å². The van der Waals surface area contributed by atoms with E-state index in [-0.39, 0.29) is 11.8 Å². The number of carbonyl (C=O) groups excluding carboxylic acids is 1. The van der Waals surface area contributed by atoms with E-state index >= 15 is 0 Å². The zero-order chi connectivity index (χ0) is 21.1. The lowest BCUT2D eigenvalue weighted by molar-refractivity contribution is 0.102. The van der Waals surface area contributed by atoms with Crippen LogP contribution in [-0.2, 0) is 0 Å². The molecule has 0 bridgehead atoms. The first-order valence-corrected chi connectivity index (χ1v) is 9.48. The van der Waals surface area contributed by atoms with Gasteiger partial charge in [0.2, 0.25) is 0 Å². The zero-order valence-corrected chi connectivity index (χ0v) is 16.9. The van der Waals surface area contributed by atoms with Crippen molar-refractivity contribution in [1.82, 2.24) is 20.0 Å². The van der Waals surface area contributed by atoms with Crippen molar-refractivity contribution >= 4 is 22.6 Å². The van der Waals surface area contributed by atoms with Crippen molar-refractivity contribution in [3.05, 3.63) is 66.5 Å². The fourth-order valence-corrected chi connectivity index (χ4v) is 3.09. The van der Waals surface area contributed by atoms with Crippen LogP contribution in [0.1, 0.15) is 24.3 Å². The summed E-state index contributed by atoms with van der Waals surface area (Å²) < 4.78 is 13.0. The van der Waals surface area contributed by atoms with Crippen molar-refractivity contribution in [2.45, 2.75) is 20.0 Å². The molecule has 30 heavy (non-hydrogen) atoms.